The summed E-state index contributed by atoms with van der Waals surface area (Å²) in [6.07, 6.45) is 0.186. The van der Waals surface area contributed by atoms with Crippen LogP contribution in [0.1, 0.15) is 6.92 Å². The largest absolute Gasteiger partial charge is 0.493 e. The molecule has 0 bridgehead atoms. The van der Waals surface area contributed by atoms with Crippen LogP contribution in [0.15, 0.2) is 42.5 Å². The first-order valence-corrected chi connectivity index (χ1v) is 8.50. The molecule has 1 aliphatic rings. The summed E-state index contributed by atoms with van der Waals surface area (Å²) in [5.41, 5.74) is 12.6. The number of ether oxygens (including phenoxy) is 3. The van der Waals surface area contributed by atoms with E-state index in [9.17, 15) is 0 Å². The maximum atomic E-state index is 5.91. The van der Waals surface area contributed by atoms with E-state index >= 15 is 0 Å². The van der Waals surface area contributed by atoms with Crippen LogP contribution in [0.5, 0.6) is 17.2 Å². The van der Waals surface area contributed by atoms with Crippen molar-refractivity contribution < 1.29 is 14.2 Å². The predicted molar refractivity (Wildman–Crippen MR) is 99.1 cm³/mol. The lowest BCUT2D eigenvalue weighted by atomic mass is 10.1. The number of hydrogen-bond donors (Lipinski definition) is 3. The third-order valence-corrected chi connectivity index (χ3v) is 4.20. The molecule has 25 heavy (non-hydrogen) atoms. The molecule has 0 aliphatic carbocycles. The van der Waals surface area contributed by atoms with Crippen molar-refractivity contribution in [2.75, 3.05) is 37.8 Å². The van der Waals surface area contributed by atoms with Crippen molar-refractivity contribution in [1.82, 2.24) is 5.32 Å². The molecular weight excluding hydrogens is 318 g/mol. The Balaban J connectivity index is 1.58. The zero-order chi connectivity index (χ0) is 17.6. The summed E-state index contributed by atoms with van der Waals surface area (Å²) in [5, 5.41) is 3.34. The van der Waals surface area contributed by atoms with Gasteiger partial charge < -0.3 is 31.0 Å². The molecule has 2 atom stereocenters. The Bertz CT molecular complexity index is 702. The molecule has 1 aliphatic heterocycles. The summed E-state index contributed by atoms with van der Waals surface area (Å²) in [4.78, 5) is 0. The maximum absolute atomic E-state index is 5.91. The van der Waals surface area contributed by atoms with Gasteiger partial charge >= 0.3 is 0 Å². The van der Waals surface area contributed by atoms with Crippen LogP contribution in [0.25, 0.3) is 0 Å². The molecule has 0 radical (unpaired) electrons. The zero-order valence-electron chi connectivity index (χ0n) is 14.4. The number of rotatable bonds is 6. The summed E-state index contributed by atoms with van der Waals surface area (Å²) < 4.78 is 17.5. The molecule has 0 amide bonds. The van der Waals surface area contributed by atoms with E-state index < -0.39 is 0 Å². The lowest BCUT2D eigenvalue weighted by molar-refractivity contribution is -0.0159. The molecule has 2 aromatic rings. The Hall–Kier alpha value is -2.44. The van der Waals surface area contributed by atoms with Gasteiger partial charge in [0.25, 0.3) is 0 Å². The Labute approximate surface area is 148 Å². The van der Waals surface area contributed by atoms with E-state index in [1.54, 1.807) is 18.2 Å². The van der Waals surface area contributed by atoms with Crippen LogP contribution < -0.4 is 26.3 Å². The standard InChI is InChI=1S/C19H25N3O3/c1-13(19-11-22-7-8-23-19)12-24-14-3-2-4-15(9-14)25-16-5-6-17(20)18(21)10-16/h2-6,9-10,13,19,22H,7-8,11-12,20-21H2,1H3. The molecule has 2 aromatic carbocycles. The zero-order valence-corrected chi connectivity index (χ0v) is 14.4. The van der Waals surface area contributed by atoms with Crippen LogP contribution in [-0.4, -0.2) is 32.4 Å². The Morgan fingerprint density at radius 1 is 1.12 bits per heavy atom. The number of nitrogen functional groups attached to an aromatic ring is 2. The van der Waals surface area contributed by atoms with E-state index in [-0.39, 0.29) is 6.10 Å². The van der Waals surface area contributed by atoms with Gasteiger partial charge in [-0.25, -0.2) is 0 Å². The first-order chi connectivity index (χ1) is 12.1. The first kappa shape index (κ1) is 17.4. The van der Waals surface area contributed by atoms with E-state index in [0.717, 1.165) is 25.4 Å². The summed E-state index contributed by atoms with van der Waals surface area (Å²) in [6.45, 7) is 5.26. The quantitative estimate of drug-likeness (QED) is 0.699. The molecular formula is C19H25N3O3. The Morgan fingerprint density at radius 3 is 2.68 bits per heavy atom. The molecule has 1 heterocycles. The molecule has 0 aromatic heterocycles. The number of anilines is 2. The minimum Gasteiger partial charge on any atom is -0.493 e. The van der Waals surface area contributed by atoms with Crippen molar-refractivity contribution >= 4 is 11.4 Å². The molecule has 6 heteroatoms. The monoisotopic (exact) mass is 343 g/mol. The van der Waals surface area contributed by atoms with Gasteiger partial charge in [0.2, 0.25) is 0 Å². The molecule has 3 rings (SSSR count). The van der Waals surface area contributed by atoms with Gasteiger partial charge in [-0.3, -0.25) is 0 Å². The average Bonchev–Trinajstić information content (AvgIpc) is 2.64. The second kappa shape index (κ2) is 8.09. The van der Waals surface area contributed by atoms with Gasteiger partial charge in [0.15, 0.2) is 0 Å². The number of nitrogens with one attached hydrogen (secondary N) is 1. The van der Waals surface area contributed by atoms with Crippen LogP contribution in [-0.2, 0) is 4.74 Å². The van der Waals surface area contributed by atoms with Gasteiger partial charge in [0.1, 0.15) is 17.2 Å². The fourth-order valence-electron chi connectivity index (χ4n) is 2.67. The van der Waals surface area contributed by atoms with Crippen LogP contribution in [0.2, 0.25) is 0 Å². The van der Waals surface area contributed by atoms with Gasteiger partial charge in [-0.1, -0.05) is 13.0 Å². The number of benzene rings is 2. The summed E-state index contributed by atoms with van der Waals surface area (Å²) >= 11 is 0. The van der Waals surface area contributed by atoms with Crippen molar-refractivity contribution in [2.45, 2.75) is 13.0 Å². The molecule has 1 fully saturated rings. The molecule has 2 unspecified atom stereocenters. The van der Waals surface area contributed by atoms with Crippen molar-refractivity contribution in [3.8, 4) is 17.2 Å². The maximum Gasteiger partial charge on any atom is 0.131 e. The summed E-state index contributed by atoms with van der Waals surface area (Å²) in [5.74, 6) is 2.38. The van der Waals surface area contributed by atoms with Gasteiger partial charge in [0, 0.05) is 31.1 Å². The average molecular weight is 343 g/mol. The van der Waals surface area contributed by atoms with Crippen molar-refractivity contribution in [1.29, 1.82) is 0 Å². The fourth-order valence-corrected chi connectivity index (χ4v) is 2.67. The topological polar surface area (TPSA) is 91.8 Å². The highest BCUT2D eigenvalue weighted by molar-refractivity contribution is 5.65. The predicted octanol–water partition coefficient (Wildman–Crippen LogP) is 2.65. The molecule has 0 spiro atoms. The van der Waals surface area contributed by atoms with Crippen LogP contribution in [0.3, 0.4) is 0 Å². The highest BCUT2D eigenvalue weighted by atomic mass is 16.5. The summed E-state index contributed by atoms with van der Waals surface area (Å²) in [6, 6.07) is 12.8. The SMILES string of the molecule is CC(COc1cccc(Oc2ccc(N)c(N)c2)c1)C1CNCCO1. The molecule has 134 valence electrons. The van der Waals surface area contributed by atoms with Crippen LogP contribution in [0.4, 0.5) is 11.4 Å². The minimum atomic E-state index is 0.186. The Kier molecular flexibility index (Phi) is 5.63. The second-order valence-corrected chi connectivity index (χ2v) is 6.27. The smallest absolute Gasteiger partial charge is 0.131 e. The number of hydrogen-bond acceptors (Lipinski definition) is 6. The first-order valence-electron chi connectivity index (χ1n) is 8.50. The van der Waals surface area contributed by atoms with E-state index in [1.165, 1.54) is 0 Å². The van der Waals surface area contributed by atoms with Crippen molar-refractivity contribution in [2.24, 2.45) is 5.92 Å². The number of nitrogens with two attached hydrogens (primary N) is 2. The minimum absolute atomic E-state index is 0.186. The van der Waals surface area contributed by atoms with Gasteiger partial charge in [-0.2, -0.15) is 0 Å². The third-order valence-electron chi connectivity index (χ3n) is 4.20. The van der Waals surface area contributed by atoms with Crippen molar-refractivity contribution in [3.63, 3.8) is 0 Å². The van der Waals surface area contributed by atoms with E-state index in [2.05, 4.69) is 12.2 Å². The van der Waals surface area contributed by atoms with Crippen molar-refractivity contribution in [3.05, 3.63) is 42.5 Å². The van der Waals surface area contributed by atoms with E-state index in [1.807, 2.05) is 24.3 Å². The fraction of sp³-hybridized carbons (Fsp3) is 0.368. The lowest BCUT2D eigenvalue weighted by Crippen LogP contribution is -2.43. The Morgan fingerprint density at radius 2 is 1.92 bits per heavy atom. The third kappa shape index (κ3) is 4.78. The number of morpholine rings is 1. The van der Waals surface area contributed by atoms with Gasteiger partial charge in [-0.15, -0.1) is 0 Å². The van der Waals surface area contributed by atoms with Crippen LogP contribution >= 0.6 is 0 Å². The highest BCUT2D eigenvalue weighted by Gasteiger charge is 2.21. The highest BCUT2D eigenvalue weighted by Crippen LogP contribution is 2.28. The van der Waals surface area contributed by atoms with E-state index in [4.69, 9.17) is 25.7 Å². The van der Waals surface area contributed by atoms with Crippen LogP contribution in [0, 0.1) is 5.92 Å². The van der Waals surface area contributed by atoms with E-state index in [0.29, 0.717) is 35.4 Å². The lowest BCUT2D eigenvalue weighted by Gasteiger charge is -2.28. The molecule has 1 saturated heterocycles. The van der Waals surface area contributed by atoms with Gasteiger partial charge in [-0.05, 0) is 24.3 Å². The molecule has 5 N–H and O–H groups in total. The molecule has 6 nitrogen and oxygen atoms in total. The van der Waals surface area contributed by atoms with Gasteiger partial charge in [0.05, 0.1) is 30.7 Å². The summed E-state index contributed by atoms with van der Waals surface area (Å²) in [7, 11) is 0. The molecule has 0 saturated carbocycles. The normalized spacial score (nSPS) is 18.5. The second-order valence-electron chi connectivity index (χ2n) is 6.27.